The van der Waals surface area contributed by atoms with E-state index in [1.165, 1.54) is 25.2 Å². The minimum Gasteiger partial charge on any atom is -0.0599 e. The van der Waals surface area contributed by atoms with Crippen LogP contribution in [0.4, 0.5) is 0 Å². The van der Waals surface area contributed by atoms with Crippen molar-refractivity contribution in [3.05, 3.63) is 31.6 Å². The molecule has 0 aromatic heterocycles. The van der Waals surface area contributed by atoms with Gasteiger partial charge in [0.25, 0.3) is 0 Å². The molecule has 0 aromatic carbocycles. The second kappa shape index (κ2) is 3.75. The normalized spacial score (nSPS) is 32.8. The maximum atomic E-state index is 2.45. The Kier molecular flexibility index (Phi) is 2.92. The van der Waals surface area contributed by atoms with Crippen LogP contribution in [0, 0.1) is 47.8 Å². The van der Waals surface area contributed by atoms with Crippen LogP contribution in [0.15, 0.2) is 0 Å². The molecule has 89 valence electrons. The van der Waals surface area contributed by atoms with E-state index in [1.54, 1.807) is 0 Å². The molecule has 2 aliphatic rings. The van der Waals surface area contributed by atoms with Gasteiger partial charge in [-0.25, -0.2) is 0 Å². The molecule has 0 bridgehead atoms. The third kappa shape index (κ3) is 2.46. The van der Waals surface area contributed by atoms with Gasteiger partial charge in [-0.3, -0.25) is 0 Å². The first-order valence-corrected chi connectivity index (χ1v) is 6.45. The Balaban J connectivity index is 2.19. The average molecular weight is 217 g/mol. The van der Waals surface area contributed by atoms with Crippen LogP contribution in [0.2, 0.25) is 0 Å². The monoisotopic (exact) mass is 217 g/mol. The summed E-state index contributed by atoms with van der Waals surface area (Å²) in [5, 5.41) is 0. The summed E-state index contributed by atoms with van der Waals surface area (Å²) in [5.74, 6) is 1.54. The lowest BCUT2D eigenvalue weighted by Gasteiger charge is -2.53. The van der Waals surface area contributed by atoms with Crippen LogP contribution in [0.1, 0.15) is 53.9 Å². The molecule has 0 spiro atoms. The van der Waals surface area contributed by atoms with Crippen molar-refractivity contribution in [3.63, 3.8) is 0 Å². The van der Waals surface area contributed by atoms with Gasteiger partial charge < -0.3 is 0 Å². The zero-order valence-corrected chi connectivity index (χ0v) is 11.4. The van der Waals surface area contributed by atoms with Crippen LogP contribution in [0.5, 0.6) is 0 Å². The fourth-order valence-electron chi connectivity index (χ4n) is 4.58. The van der Waals surface area contributed by atoms with Gasteiger partial charge in [-0.2, -0.15) is 0 Å². The molecule has 16 heavy (non-hydrogen) atoms. The second-order valence-corrected chi connectivity index (χ2v) is 7.59. The topological polar surface area (TPSA) is 0 Å². The van der Waals surface area contributed by atoms with E-state index >= 15 is 0 Å². The van der Waals surface area contributed by atoms with Crippen molar-refractivity contribution in [2.24, 2.45) is 16.2 Å². The number of hydrogen-bond donors (Lipinski definition) is 0. The summed E-state index contributed by atoms with van der Waals surface area (Å²) < 4.78 is 0. The predicted octanol–water partition coefficient (Wildman–Crippen LogP) is 4.63. The minimum atomic E-state index is 0.370. The lowest BCUT2D eigenvalue weighted by atomic mass is 9.52. The molecule has 2 rings (SSSR count). The van der Waals surface area contributed by atoms with E-state index in [4.69, 9.17) is 0 Å². The fourth-order valence-corrected chi connectivity index (χ4v) is 4.58. The largest absolute Gasteiger partial charge is 0.0599 e. The minimum absolute atomic E-state index is 0.370. The summed E-state index contributed by atoms with van der Waals surface area (Å²) in [7, 11) is 0. The standard InChI is InChI=1S/C16H25/c1-14(2)10-15(3,4)12-16(5,11-14)13-8-6-7-9-13/h6-9H,10-12H2,1-5H3. The van der Waals surface area contributed by atoms with Crippen molar-refractivity contribution in [1.82, 2.24) is 0 Å². The maximum Gasteiger partial charge on any atom is -0.0108 e. The van der Waals surface area contributed by atoms with E-state index in [-0.39, 0.29) is 0 Å². The fraction of sp³-hybridized carbons (Fsp3) is 0.688. The van der Waals surface area contributed by atoms with Crippen LogP contribution in [-0.4, -0.2) is 0 Å². The molecule has 0 aliphatic heterocycles. The third-order valence-corrected chi connectivity index (χ3v) is 4.05. The van der Waals surface area contributed by atoms with E-state index in [2.05, 4.69) is 60.3 Å². The first-order chi connectivity index (χ1) is 7.23. The number of rotatable bonds is 1. The van der Waals surface area contributed by atoms with Crippen LogP contribution in [0.3, 0.4) is 0 Å². The summed E-state index contributed by atoms with van der Waals surface area (Å²) in [5.41, 5.74) is 1.30. The number of hydrogen-bond acceptors (Lipinski definition) is 0. The SMILES string of the molecule is CC1(C)CC(C)(C)CC(C)([C]2[CH][CH][CH][CH]2)C1. The zero-order chi connectivity index (χ0) is 12.0. The lowest BCUT2D eigenvalue weighted by molar-refractivity contribution is 0.0220. The Morgan fingerprint density at radius 1 is 0.750 bits per heavy atom. The van der Waals surface area contributed by atoms with Gasteiger partial charge in [0.05, 0.1) is 0 Å². The summed E-state index contributed by atoms with van der Waals surface area (Å²) in [4.78, 5) is 0. The molecule has 0 aromatic rings. The molecule has 0 amide bonds. The molecule has 2 aliphatic carbocycles. The summed E-state index contributed by atoms with van der Waals surface area (Å²) in [6.07, 6.45) is 12.9. The zero-order valence-electron chi connectivity index (χ0n) is 11.4. The highest BCUT2D eigenvalue weighted by molar-refractivity contribution is 5.40. The quantitative estimate of drug-likeness (QED) is 0.600. The van der Waals surface area contributed by atoms with Crippen molar-refractivity contribution in [2.75, 3.05) is 0 Å². The summed E-state index contributed by atoms with van der Waals surface area (Å²) in [6.45, 7) is 12.2. The highest BCUT2D eigenvalue weighted by atomic mass is 14.5. The molecular weight excluding hydrogens is 192 g/mol. The molecule has 2 fully saturated rings. The third-order valence-electron chi connectivity index (χ3n) is 4.05. The average Bonchev–Trinajstić information content (AvgIpc) is 2.46. The van der Waals surface area contributed by atoms with E-state index in [9.17, 15) is 0 Å². The molecule has 0 unspecified atom stereocenters. The predicted molar refractivity (Wildman–Crippen MR) is 70.0 cm³/mol. The Labute approximate surface area is 102 Å². The van der Waals surface area contributed by atoms with Gasteiger partial charge in [0.1, 0.15) is 0 Å². The van der Waals surface area contributed by atoms with Crippen molar-refractivity contribution in [3.8, 4) is 0 Å². The van der Waals surface area contributed by atoms with Crippen LogP contribution < -0.4 is 0 Å². The van der Waals surface area contributed by atoms with Gasteiger partial charge in [-0.05, 0) is 67.1 Å². The molecule has 0 N–H and O–H groups in total. The highest BCUT2D eigenvalue weighted by Gasteiger charge is 2.49. The molecule has 2 saturated carbocycles. The molecule has 0 heterocycles. The lowest BCUT2D eigenvalue weighted by Crippen LogP contribution is -2.42. The van der Waals surface area contributed by atoms with Crippen molar-refractivity contribution < 1.29 is 0 Å². The first-order valence-electron chi connectivity index (χ1n) is 6.45. The highest BCUT2D eigenvalue weighted by Crippen LogP contribution is 2.59. The molecule has 0 nitrogen and oxygen atoms in total. The van der Waals surface area contributed by atoms with E-state index in [0.29, 0.717) is 16.2 Å². The Hall–Kier alpha value is 0. The van der Waals surface area contributed by atoms with E-state index in [0.717, 1.165) is 0 Å². The molecule has 0 atom stereocenters. The van der Waals surface area contributed by atoms with Gasteiger partial charge in [0, 0.05) is 0 Å². The van der Waals surface area contributed by atoms with E-state index < -0.39 is 0 Å². The summed E-state index contributed by atoms with van der Waals surface area (Å²) in [6, 6.07) is 0. The van der Waals surface area contributed by atoms with Gasteiger partial charge in [-0.1, -0.05) is 34.6 Å². The van der Waals surface area contributed by atoms with Crippen molar-refractivity contribution in [1.29, 1.82) is 0 Å². The Morgan fingerprint density at radius 3 is 1.62 bits per heavy atom. The Morgan fingerprint density at radius 2 is 1.19 bits per heavy atom. The Bertz CT molecular complexity index is 237. The first kappa shape index (κ1) is 12.5. The maximum absolute atomic E-state index is 2.45. The van der Waals surface area contributed by atoms with Crippen LogP contribution in [-0.2, 0) is 0 Å². The van der Waals surface area contributed by atoms with Crippen molar-refractivity contribution >= 4 is 0 Å². The van der Waals surface area contributed by atoms with Crippen LogP contribution in [0.25, 0.3) is 0 Å². The smallest absolute Gasteiger partial charge is 0.0108 e. The second-order valence-electron chi connectivity index (χ2n) is 7.59. The van der Waals surface area contributed by atoms with Gasteiger partial charge >= 0.3 is 0 Å². The van der Waals surface area contributed by atoms with Gasteiger partial charge in [0.15, 0.2) is 0 Å². The molecule has 5 radical (unpaired) electrons. The van der Waals surface area contributed by atoms with Gasteiger partial charge in [-0.15, -0.1) is 0 Å². The van der Waals surface area contributed by atoms with E-state index in [1.807, 2.05) is 0 Å². The molecule has 0 heteroatoms. The summed E-state index contributed by atoms with van der Waals surface area (Å²) >= 11 is 0. The molecular formula is C16H25. The molecule has 0 saturated heterocycles. The van der Waals surface area contributed by atoms with Gasteiger partial charge in [0.2, 0.25) is 0 Å². The van der Waals surface area contributed by atoms with Crippen molar-refractivity contribution in [2.45, 2.75) is 53.9 Å². The van der Waals surface area contributed by atoms with Crippen LogP contribution >= 0.6 is 0 Å².